The molecular formula is C16H28MgN2. The summed E-state index contributed by atoms with van der Waals surface area (Å²) in [6.07, 6.45) is 17.1. The maximum atomic E-state index is 7.00. The van der Waals surface area contributed by atoms with E-state index in [9.17, 15) is 0 Å². The van der Waals surface area contributed by atoms with E-state index in [-0.39, 0.29) is 23.1 Å². The first-order chi connectivity index (χ1) is 8.86. The van der Waals surface area contributed by atoms with Crippen LogP contribution in [0.15, 0.2) is 23.3 Å². The Morgan fingerprint density at radius 3 is 1.42 bits per heavy atom. The Hall–Kier alpha value is 0.166. The van der Waals surface area contributed by atoms with E-state index in [0.29, 0.717) is 13.1 Å². The van der Waals surface area contributed by atoms with Crippen molar-refractivity contribution in [2.45, 2.75) is 64.2 Å². The second kappa shape index (κ2) is 13.2. The van der Waals surface area contributed by atoms with Gasteiger partial charge < -0.3 is 11.5 Å². The summed E-state index contributed by atoms with van der Waals surface area (Å²) in [4.78, 5) is 0. The fourth-order valence-electron chi connectivity index (χ4n) is 2.58. The first-order valence-corrected chi connectivity index (χ1v) is 7.52. The Kier molecular flexibility index (Phi) is 13.3. The first kappa shape index (κ1) is 19.2. The van der Waals surface area contributed by atoms with E-state index >= 15 is 0 Å². The van der Waals surface area contributed by atoms with Crippen molar-refractivity contribution >= 4 is 23.1 Å². The van der Waals surface area contributed by atoms with Crippen molar-refractivity contribution in [3.05, 3.63) is 34.8 Å². The van der Waals surface area contributed by atoms with Gasteiger partial charge in [0.1, 0.15) is 0 Å². The molecule has 19 heavy (non-hydrogen) atoms. The molecule has 0 spiro atoms. The van der Waals surface area contributed by atoms with E-state index in [1.54, 1.807) is 0 Å². The standard InChI is InChI=1S/2C8H14N.Mg/c2*9-7-6-8-4-2-1-3-5-8;/h2*4,9H,1-3,5-7H2;/q2*-1;+2. The molecule has 104 valence electrons. The van der Waals surface area contributed by atoms with E-state index in [1.807, 2.05) is 0 Å². The molecule has 0 bridgehead atoms. The van der Waals surface area contributed by atoms with Gasteiger partial charge in [-0.15, -0.1) is 13.1 Å². The molecule has 0 fully saturated rings. The van der Waals surface area contributed by atoms with Gasteiger partial charge in [-0.1, -0.05) is 36.1 Å². The van der Waals surface area contributed by atoms with Crippen LogP contribution in [0.4, 0.5) is 0 Å². The van der Waals surface area contributed by atoms with Crippen LogP contribution in [-0.2, 0) is 0 Å². The smallest absolute Gasteiger partial charge is 0.677 e. The van der Waals surface area contributed by atoms with Gasteiger partial charge in [-0.3, -0.25) is 0 Å². The molecule has 0 aromatic carbocycles. The van der Waals surface area contributed by atoms with Crippen molar-refractivity contribution in [1.82, 2.24) is 0 Å². The molecule has 0 atom stereocenters. The number of rotatable bonds is 4. The molecule has 0 saturated heterocycles. The molecule has 0 saturated carbocycles. The molecule has 0 heterocycles. The molecule has 0 aliphatic heterocycles. The molecular weight excluding hydrogens is 244 g/mol. The van der Waals surface area contributed by atoms with E-state index < -0.39 is 0 Å². The normalized spacial score (nSPS) is 18.4. The van der Waals surface area contributed by atoms with Crippen molar-refractivity contribution < 1.29 is 0 Å². The fourth-order valence-corrected chi connectivity index (χ4v) is 2.58. The minimum absolute atomic E-state index is 0. The van der Waals surface area contributed by atoms with Crippen LogP contribution in [0.5, 0.6) is 0 Å². The third kappa shape index (κ3) is 9.66. The van der Waals surface area contributed by atoms with Crippen LogP contribution in [-0.4, -0.2) is 36.1 Å². The quantitative estimate of drug-likeness (QED) is 0.481. The van der Waals surface area contributed by atoms with Gasteiger partial charge in [0.2, 0.25) is 0 Å². The van der Waals surface area contributed by atoms with Gasteiger partial charge >= 0.3 is 23.1 Å². The third-order valence-corrected chi connectivity index (χ3v) is 3.66. The molecule has 2 aliphatic carbocycles. The van der Waals surface area contributed by atoms with Crippen molar-refractivity contribution in [3.63, 3.8) is 0 Å². The Balaban J connectivity index is 0.000000324. The average Bonchev–Trinajstić information content (AvgIpc) is 2.43. The molecule has 0 radical (unpaired) electrons. The minimum Gasteiger partial charge on any atom is -0.677 e. The summed E-state index contributed by atoms with van der Waals surface area (Å²) in [5.41, 5.74) is 17.0. The van der Waals surface area contributed by atoms with Crippen molar-refractivity contribution in [2.75, 3.05) is 13.1 Å². The van der Waals surface area contributed by atoms with Crippen LogP contribution < -0.4 is 0 Å². The topological polar surface area (TPSA) is 47.6 Å². The fraction of sp³-hybridized carbons (Fsp3) is 0.750. The Morgan fingerprint density at radius 2 is 1.16 bits per heavy atom. The SMILES string of the molecule is [Mg+2].[NH-]CCC1=CCCCC1.[NH-]CCC1=CCCCC1. The molecule has 3 heteroatoms. The van der Waals surface area contributed by atoms with Crippen molar-refractivity contribution in [1.29, 1.82) is 0 Å². The summed E-state index contributed by atoms with van der Waals surface area (Å²) in [5, 5.41) is 0. The van der Waals surface area contributed by atoms with E-state index in [1.165, 1.54) is 62.5 Å². The van der Waals surface area contributed by atoms with Crippen LogP contribution in [0.25, 0.3) is 11.5 Å². The van der Waals surface area contributed by atoms with Crippen LogP contribution in [0, 0.1) is 0 Å². The number of hydrogen-bond acceptors (Lipinski definition) is 0. The molecule has 2 aliphatic rings. The average molecular weight is 273 g/mol. The number of hydrogen-bond donors (Lipinski definition) is 0. The summed E-state index contributed by atoms with van der Waals surface area (Å²) in [6.45, 7) is 1.15. The van der Waals surface area contributed by atoms with Crippen LogP contribution >= 0.6 is 0 Å². The van der Waals surface area contributed by atoms with Gasteiger partial charge in [0.15, 0.2) is 0 Å². The van der Waals surface area contributed by atoms with Crippen LogP contribution in [0.1, 0.15) is 64.2 Å². The Morgan fingerprint density at radius 1 is 0.737 bits per heavy atom. The number of nitrogens with one attached hydrogen (secondary N) is 2. The van der Waals surface area contributed by atoms with Gasteiger partial charge in [-0.2, -0.15) is 0 Å². The Labute approximate surface area is 135 Å². The summed E-state index contributed by atoms with van der Waals surface area (Å²) < 4.78 is 0. The zero-order valence-electron chi connectivity index (χ0n) is 12.3. The number of allylic oxidation sites excluding steroid dienone is 2. The van der Waals surface area contributed by atoms with Crippen molar-refractivity contribution in [2.24, 2.45) is 0 Å². The molecule has 2 N–H and O–H groups in total. The predicted octanol–water partition coefficient (Wildman–Crippen LogP) is 5.48. The zero-order valence-corrected chi connectivity index (χ0v) is 13.8. The van der Waals surface area contributed by atoms with Gasteiger partial charge in [0, 0.05) is 0 Å². The molecule has 0 unspecified atom stereocenters. The van der Waals surface area contributed by atoms with E-state index in [2.05, 4.69) is 12.2 Å². The third-order valence-electron chi connectivity index (χ3n) is 3.66. The first-order valence-electron chi connectivity index (χ1n) is 7.52. The second-order valence-electron chi connectivity index (χ2n) is 5.22. The molecule has 2 rings (SSSR count). The predicted molar refractivity (Wildman–Crippen MR) is 86.5 cm³/mol. The largest absolute Gasteiger partial charge is 2.00 e. The molecule has 0 aromatic rings. The van der Waals surface area contributed by atoms with Gasteiger partial charge in [-0.05, 0) is 51.4 Å². The monoisotopic (exact) mass is 272 g/mol. The second-order valence-corrected chi connectivity index (χ2v) is 5.22. The van der Waals surface area contributed by atoms with Crippen molar-refractivity contribution in [3.8, 4) is 0 Å². The van der Waals surface area contributed by atoms with Gasteiger partial charge in [-0.25, -0.2) is 0 Å². The van der Waals surface area contributed by atoms with Gasteiger partial charge in [0.25, 0.3) is 0 Å². The van der Waals surface area contributed by atoms with Gasteiger partial charge in [0.05, 0.1) is 0 Å². The maximum Gasteiger partial charge on any atom is 2.00 e. The minimum atomic E-state index is 0. The molecule has 0 amide bonds. The summed E-state index contributed by atoms with van der Waals surface area (Å²) >= 11 is 0. The summed E-state index contributed by atoms with van der Waals surface area (Å²) in [6, 6.07) is 0. The molecule has 2 nitrogen and oxygen atoms in total. The van der Waals surface area contributed by atoms with Crippen LogP contribution in [0.2, 0.25) is 0 Å². The molecule has 0 aromatic heterocycles. The maximum absolute atomic E-state index is 7.00. The van der Waals surface area contributed by atoms with E-state index in [4.69, 9.17) is 11.5 Å². The van der Waals surface area contributed by atoms with Crippen LogP contribution in [0.3, 0.4) is 0 Å². The van der Waals surface area contributed by atoms with E-state index in [0.717, 1.165) is 12.8 Å². The summed E-state index contributed by atoms with van der Waals surface area (Å²) in [5.74, 6) is 0. The zero-order chi connectivity index (χ0) is 13.1. The summed E-state index contributed by atoms with van der Waals surface area (Å²) in [7, 11) is 0. The Bertz CT molecular complexity index is 244.